The van der Waals surface area contributed by atoms with E-state index in [0.29, 0.717) is 29.6 Å². The van der Waals surface area contributed by atoms with Gasteiger partial charge in [0.1, 0.15) is 11.5 Å². The fraction of sp³-hybridized carbons (Fsp3) is 0.333. The van der Waals surface area contributed by atoms with Crippen LogP contribution >= 0.6 is 11.8 Å². The zero-order chi connectivity index (χ0) is 12.3. The van der Waals surface area contributed by atoms with E-state index in [0.717, 1.165) is 11.3 Å². The van der Waals surface area contributed by atoms with Crippen molar-refractivity contribution in [3.8, 4) is 5.75 Å². The van der Waals surface area contributed by atoms with Gasteiger partial charge in [-0.1, -0.05) is 6.07 Å². The van der Waals surface area contributed by atoms with Crippen LogP contribution in [-0.2, 0) is 4.79 Å². The number of thioether (sulfide) groups is 1. The summed E-state index contributed by atoms with van der Waals surface area (Å²) in [5.41, 5.74) is 4.94. The van der Waals surface area contributed by atoms with Gasteiger partial charge in [0.25, 0.3) is 0 Å². The van der Waals surface area contributed by atoms with Crippen molar-refractivity contribution in [2.75, 3.05) is 0 Å². The molecule has 0 heterocycles. The van der Waals surface area contributed by atoms with Crippen LogP contribution < -0.4 is 10.5 Å². The number of carbonyl (C=O) groups is 2. The van der Waals surface area contributed by atoms with E-state index in [1.54, 1.807) is 30.0 Å². The van der Waals surface area contributed by atoms with Crippen LogP contribution in [0.5, 0.6) is 5.75 Å². The minimum atomic E-state index is -0.816. The van der Waals surface area contributed by atoms with Crippen molar-refractivity contribution < 1.29 is 14.3 Å². The number of hydrogen-bond donors (Lipinski definition) is 1. The number of Topliss-reactive ketones (excluding diaryl/α,β-unsaturated/α-hetero) is 1. The number of nitrogens with two attached hydrogens (primary N) is 1. The summed E-state index contributed by atoms with van der Waals surface area (Å²) < 4.78 is 4.80. The molecule has 17 heavy (non-hydrogen) atoms. The van der Waals surface area contributed by atoms with Gasteiger partial charge in [-0.3, -0.25) is 4.79 Å². The molecule has 2 rings (SSSR count). The minimum Gasteiger partial charge on any atom is -0.410 e. The number of primary amides is 1. The Hall–Kier alpha value is -1.49. The van der Waals surface area contributed by atoms with Crippen LogP contribution in [0.15, 0.2) is 29.2 Å². The first-order valence-corrected chi connectivity index (χ1v) is 6.27. The van der Waals surface area contributed by atoms with Crippen LogP contribution in [0.4, 0.5) is 4.79 Å². The summed E-state index contributed by atoms with van der Waals surface area (Å²) in [7, 11) is 0. The molecule has 4 nitrogen and oxygen atoms in total. The lowest BCUT2D eigenvalue weighted by atomic mass is 10.3. The average Bonchev–Trinajstić information content (AvgIpc) is 2.63. The van der Waals surface area contributed by atoms with Crippen LogP contribution in [-0.4, -0.2) is 17.1 Å². The molecule has 1 unspecified atom stereocenters. The van der Waals surface area contributed by atoms with E-state index in [-0.39, 0.29) is 0 Å². The Morgan fingerprint density at radius 2 is 2.29 bits per heavy atom. The zero-order valence-electron chi connectivity index (χ0n) is 9.22. The second-order valence-electron chi connectivity index (χ2n) is 3.92. The Morgan fingerprint density at radius 3 is 2.94 bits per heavy atom. The van der Waals surface area contributed by atoms with Crippen LogP contribution in [0.3, 0.4) is 0 Å². The van der Waals surface area contributed by atoms with Gasteiger partial charge in [-0.05, 0) is 24.6 Å². The minimum absolute atomic E-state index is 0.326. The molecule has 5 heteroatoms. The lowest BCUT2D eigenvalue weighted by Gasteiger charge is -2.08. The van der Waals surface area contributed by atoms with Crippen LogP contribution in [0.25, 0.3) is 0 Å². The number of carbonyl (C=O) groups excluding carboxylic acids is 2. The van der Waals surface area contributed by atoms with Gasteiger partial charge in [-0.2, -0.15) is 0 Å². The van der Waals surface area contributed by atoms with E-state index < -0.39 is 6.09 Å². The van der Waals surface area contributed by atoms with Gasteiger partial charge in [0, 0.05) is 23.0 Å². The zero-order valence-corrected chi connectivity index (χ0v) is 10.0. The lowest BCUT2D eigenvalue weighted by Crippen LogP contribution is -2.16. The molecule has 1 fully saturated rings. The van der Waals surface area contributed by atoms with Crippen LogP contribution in [0.1, 0.15) is 19.3 Å². The molecule has 0 aliphatic heterocycles. The SMILES string of the molecule is NC(=O)Oc1cccc(SC2CCC(=O)C2)c1. The van der Waals surface area contributed by atoms with Crippen molar-refractivity contribution in [2.45, 2.75) is 29.4 Å². The Labute approximate surface area is 104 Å². The van der Waals surface area contributed by atoms with Crippen molar-refractivity contribution in [1.82, 2.24) is 0 Å². The molecule has 0 radical (unpaired) electrons. The van der Waals surface area contributed by atoms with Crippen molar-refractivity contribution in [3.63, 3.8) is 0 Å². The van der Waals surface area contributed by atoms with Gasteiger partial charge in [-0.25, -0.2) is 4.79 Å². The third kappa shape index (κ3) is 3.49. The maximum absolute atomic E-state index is 11.2. The van der Waals surface area contributed by atoms with E-state index in [2.05, 4.69) is 0 Å². The summed E-state index contributed by atoms with van der Waals surface area (Å²) in [5, 5.41) is 0.339. The molecule has 0 spiro atoms. The summed E-state index contributed by atoms with van der Waals surface area (Å²) in [6.07, 6.45) is 1.41. The van der Waals surface area contributed by atoms with Crippen LogP contribution in [0.2, 0.25) is 0 Å². The molecule has 90 valence electrons. The summed E-state index contributed by atoms with van der Waals surface area (Å²) >= 11 is 1.64. The lowest BCUT2D eigenvalue weighted by molar-refractivity contribution is -0.117. The monoisotopic (exact) mass is 251 g/mol. The van der Waals surface area contributed by atoms with E-state index in [9.17, 15) is 9.59 Å². The second kappa shape index (κ2) is 5.23. The van der Waals surface area contributed by atoms with E-state index in [1.807, 2.05) is 6.07 Å². The highest BCUT2D eigenvalue weighted by Gasteiger charge is 2.22. The fourth-order valence-electron chi connectivity index (χ4n) is 1.80. The van der Waals surface area contributed by atoms with Gasteiger partial charge in [-0.15, -0.1) is 11.8 Å². The molecule has 1 aromatic rings. The highest BCUT2D eigenvalue weighted by molar-refractivity contribution is 8.00. The third-order valence-corrected chi connectivity index (χ3v) is 3.79. The first-order chi connectivity index (χ1) is 8.13. The molecule has 0 bridgehead atoms. The molecule has 0 aromatic heterocycles. The summed E-state index contributed by atoms with van der Waals surface area (Å²) in [4.78, 5) is 22.8. The first-order valence-electron chi connectivity index (χ1n) is 5.39. The molecule has 1 aliphatic rings. The quantitative estimate of drug-likeness (QED) is 0.895. The second-order valence-corrected chi connectivity index (χ2v) is 5.29. The highest BCUT2D eigenvalue weighted by atomic mass is 32.2. The number of ketones is 1. The van der Waals surface area contributed by atoms with Crippen molar-refractivity contribution in [3.05, 3.63) is 24.3 Å². The predicted molar refractivity (Wildman–Crippen MR) is 65.2 cm³/mol. The van der Waals surface area contributed by atoms with Crippen molar-refractivity contribution >= 4 is 23.6 Å². The fourth-order valence-corrected chi connectivity index (χ4v) is 3.03. The standard InChI is InChI=1S/C12H13NO3S/c13-12(15)16-9-2-1-3-10(7-9)17-11-5-4-8(14)6-11/h1-3,7,11H,4-6H2,(H2,13,15). The molecule has 1 aromatic carbocycles. The number of rotatable bonds is 3. The molecule has 1 amide bonds. The summed E-state index contributed by atoms with van der Waals surface area (Å²) in [6.45, 7) is 0. The molecule has 1 atom stereocenters. The summed E-state index contributed by atoms with van der Waals surface area (Å²) in [6, 6.07) is 7.17. The van der Waals surface area contributed by atoms with E-state index in [4.69, 9.17) is 10.5 Å². The molecule has 1 aliphatic carbocycles. The predicted octanol–water partition coefficient (Wildman–Crippen LogP) is 2.36. The van der Waals surface area contributed by atoms with Gasteiger partial charge in [0.2, 0.25) is 0 Å². The Morgan fingerprint density at radius 1 is 1.47 bits per heavy atom. The van der Waals surface area contributed by atoms with Crippen LogP contribution in [0, 0.1) is 0 Å². The topological polar surface area (TPSA) is 69.4 Å². The normalized spacial score (nSPS) is 19.3. The van der Waals surface area contributed by atoms with Crippen molar-refractivity contribution in [2.24, 2.45) is 5.73 Å². The largest absolute Gasteiger partial charge is 0.410 e. The Balaban J connectivity index is 2.01. The smallest absolute Gasteiger partial charge is 0.409 e. The first kappa shape index (κ1) is 12.0. The van der Waals surface area contributed by atoms with Gasteiger partial charge >= 0.3 is 6.09 Å². The number of benzene rings is 1. The maximum atomic E-state index is 11.2. The van der Waals surface area contributed by atoms with E-state index >= 15 is 0 Å². The third-order valence-electron chi connectivity index (χ3n) is 2.53. The molecular weight excluding hydrogens is 238 g/mol. The van der Waals surface area contributed by atoms with Gasteiger partial charge < -0.3 is 10.5 Å². The summed E-state index contributed by atoms with van der Waals surface area (Å²) in [5.74, 6) is 0.763. The molecular formula is C12H13NO3S. The number of ether oxygens (including phenoxy) is 1. The Bertz CT molecular complexity index is 447. The van der Waals surface area contributed by atoms with Gasteiger partial charge in [0.05, 0.1) is 0 Å². The highest BCUT2D eigenvalue weighted by Crippen LogP contribution is 2.34. The van der Waals surface area contributed by atoms with Gasteiger partial charge in [0.15, 0.2) is 0 Å². The maximum Gasteiger partial charge on any atom is 0.409 e. The average molecular weight is 251 g/mol. The van der Waals surface area contributed by atoms with E-state index in [1.165, 1.54) is 0 Å². The molecule has 0 saturated heterocycles. The number of hydrogen-bond acceptors (Lipinski definition) is 4. The van der Waals surface area contributed by atoms with Crippen molar-refractivity contribution in [1.29, 1.82) is 0 Å². The number of amides is 1. The molecule has 2 N–H and O–H groups in total. The Kier molecular flexibility index (Phi) is 3.68. The molecule has 1 saturated carbocycles.